The predicted octanol–water partition coefficient (Wildman–Crippen LogP) is 5.83. The molecule has 0 saturated heterocycles. The topological polar surface area (TPSA) is 105 Å². The molecule has 3 aromatic carbocycles. The van der Waals surface area contributed by atoms with E-state index < -0.39 is 35.2 Å². The fourth-order valence-electron chi connectivity index (χ4n) is 3.23. The molecule has 0 unspecified atom stereocenters. The third-order valence-electron chi connectivity index (χ3n) is 5.01. The first-order chi connectivity index (χ1) is 18.5. The van der Waals surface area contributed by atoms with E-state index >= 15 is 0 Å². The maximum atomic E-state index is 13.9. The third-order valence-corrected chi connectivity index (χ3v) is 5.34. The molecule has 1 heterocycles. The van der Waals surface area contributed by atoms with Crippen molar-refractivity contribution in [2.75, 3.05) is 10.6 Å². The van der Waals surface area contributed by atoms with E-state index in [9.17, 15) is 32.0 Å². The molecule has 198 valence electrons. The number of ether oxygens (including phenoxy) is 1. The molecule has 0 fully saturated rings. The normalized spacial score (nSPS) is 11.8. The molecule has 1 amide bonds. The van der Waals surface area contributed by atoms with E-state index in [1.54, 1.807) is 18.2 Å². The van der Waals surface area contributed by atoms with Crippen LogP contribution in [-0.2, 0) is 4.79 Å². The fourth-order valence-corrected chi connectivity index (χ4v) is 3.49. The highest BCUT2D eigenvalue weighted by Gasteiger charge is 2.31. The van der Waals surface area contributed by atoms with Crippen LogP contribution >= 0.6 is 12.6 Å². The van der Waals surface area contributed by atoms with Crippen LogP contribution in [0.15, 0.2) is 83.7 Å². The molecular formula is C25H15F5N6O2S. The van der Waals surface area contributed by atoms with Gasteiger partial charge in [-0.1, -0.05) is 6.07 Å². The van der Waals surface area contributed by atoms with Gasteiger partial charge in [-0.2, -0.15) is 5.26 Å². The highest BCUT2D eigenvalue weighted by molar-refractivity contribution is 7.84. The lowest BCUT2D eigenvalue weighted by Gasteiger charge is -2.11. The first-order valence-electron chi connectivity index (χ1n) is 10.8. The summed E-state index contributed by atoms with van der Waals surface area (Å²) in [7, 11) is 0. The number of nitrogens with one attached hydrogen (secondary N) is 2. The van der Waals surface area contributed by atoms with Crippen molar-refractivity contribution in [3.8, 4) is 28.9 Å². The monoisotopic (exact) mass is 558 g/mol. The Balaban J connectivity index is 1.44. The number of hydrogen-bond donors (Lipinski definition) is 3. The largest absolute Gasteiger partial charge is 0.573 e. The van der Waals surface area contributed by atoms with Crippen LogP contribution in [0, 0.1) is 23.0 Å². The molecule has 2 N–H and O–H groups in total. The fraction of sp³-hybridized carbons (Fsp3) is 0.0400. The van der Waals surface area contributed by atoms with Gasteiger partial charge in [0.2, 0.25) is 0 Å². The van der Waals surface area contributed by atoms with Gasteiger partial charge in [0.1, 0.15) is 41.0 Å². The maximum Gasteiger partial charge on any atom is 0.573 e. The van der Waals surface area contributed by atoms with Gasteiger partial charge in [0.25, 0.3) is 5.91 Å². The lowest BCUT2D eigenvalue weighted by Crippen LogP contribution is -2.17. The number of aromatic nitrogens is 3. The zero-order valence-corrected chi connectivity index (χ0v) is 20.3. The minimum atomic E-state index is -4.80. The smallest absolute Gasteiger partial charge is 0.406 e. The van der Waals surface area contributed by atoms with Crippen molar-refractivity contribution in [1.29, 1.82) is 5.26 Å². The van der Waals surface area contributed by atoms with Gasteiger partial charge < -0.3 is 15.4 Å². The molecule has 0 atom stereocenters. The molecule has 0 spiro atoms. The van der Waals surface area contributed by atoms with Gasteiger partial charge in [-0.05, 0) is 60.7 Å². The van der Waals surface area contributed by atoms with Gasteiger partial charge in [0.05, 0.1) is 10.7 Å². The Kier molecular flexibility index (Phi) is 7.82. The van der Waals surface area contributed by atoms with E-state index in [1.807, 2.05) is 0 Å². The van der Waals surface area contributed by atoms with Crippen LogP contribution in [0.25, 0.3) is 17.1 Å². The zero-order chi connectivity index (χ0) is 28.2. The Hall–Kier alpha value is -4.90. The number of alkyl halides is 3. The number of rotatable bonds is 7. The Bertz CT molecular complexity index is 1560. The summed E-state index contributed by atoms with van der Waals surface area (Å²) >= 11 is 4.01. The van der Waals surface area contributed by atoms with Crippen LogP contribution in [0.1, 0.15) is 0 Å². The first-order valence-corrected chi connectivity index (χ1v) is 11.2. The third kappa shape index (κ3) is 6.70. The van der Waals surface area contributed by atoms with E-state index in [4.69, 9.17) is 0 Å². The minimum absolute atomic E-state index is 0.286. The number of carbonyl (C=O) groups is 1. The molecule has 4 rings (SSSR count). The summed E-state index contributed by atoms with van der Waals surface area (Å²) in [6.07, 6.45) is -3.43. The summed E-state index contributed by atoms with van der Waals surface area (Å²) in [5.74, 6) is -2.83. The number of nitriles is 1. The minimum Gasteiger partial charge on any atom is -0.406 e. The maximum absolute atomic E-state index is 13.9. The SMILES string of the molecule is N#CC(C(=O)Nc1ccc(-c2ncn(-c3ccc(OC(F)(F)F)cc3)n2)cc1)=C(S)Nc1c(F)cccc1F. The second-order valence-electron chi connectivity index (χ2n) is 7.64. The van der Waals surface area contributed by atoms with Crippen molar-refractivity contribution in [3.63, 3.8) is 0 Å². The Labute approximate surface area is 222 Å². The molecule has 0 saturated carbocycles. The van der Waals surface area contributed by atoms with Gasteiger partial charge in [0.15, 0.2) is 5.82 Å². The van der Waals surface area contributed by atoms with Crippen molar-refractivity contribution in [2.24, 2.45) is 0 Å². The zero-order valence-electron chi connectivity index (χ0n) is 19.4. The van der Waals surface area contributed by atoms with Gasteiger partial charge in [-0.25, -0.2) is 18.4 Å². The van der Waals surface area contributed by atoms with Crippen LogP contribution in [0.2, 0.25) is 0 Å². The molecule has 0 aliphatic rings. The Morgan fingerprint density at radius 2 is 1.62 bits per heavy atom. The quantitative estimate of drug-likeness (QED) is 0.114. The van der Waals surface area contributed by atoms with Crippen molar-refractivity contribution in [1.82, 2.24) is 14.8 Å². The first kappa shape index (κ1) is 27.1. The molecule has 39 heavy (non-hydrogen) atoms. The van der Waals surface area contributed by atoms with Crippen LogP contribution < -0.4 is 15.4 Å². The lowest BCUT2D eigenvalue weighted by atomic mass is 10.2. The summed E-state index contributed by atoms with van der Waals surface area (Å²) in [5, 5.41) is 18.1. The highest BCUT2D eigenvalue weighted by atomic mass is 32.1. The summed E-state index contributed by atoms with van der Waals surface area (Å²) in [6.45, 7) is 0. The van der Waals surface area contributed by atoms with Crippen LogP contribution in [0.5, 0.6) is 5.75 Å². The van der Waals surface area contributed by atoms with Crippen LogP contribution in [-0.4, -0.2) is 27.0 Å². The summed E-state index contributed by atoms with van der Waals surface area (Å²) < 4.78 is 69.9. The average molecular weight is 558 g/mol. The number of hydrogen-bond acceptors (Lipinski definition) is 7. The highest BCUT2D eigenvalue weighted by Crippen LogP contribution is 2.25. The number of thiol groups is 1. The van der Waals surface area contributed by atoms with E-state index in [0.717, 1.165) is 30.3 Å². The molecule has 0 bridgehead atoms. The molecule has 8 nitrogen and oxygen atoms in total. The van der Waals surface area contributed by atoms with E-state index in [-0.39, 0.29) is 22.3 Å². The predicted molar refractivity (Wildman–Crippen MR) is 134 cm³/mol. The van der Waals surface area contributed by atoms with Gasteiger partial charge in [0, 0.05) is 11.3 Å². The van der Waals surface area contributed by atoms with E-state index in [2.05, 4.69) is 38.1 Å². The molecule has 0 radical (unpaired) electrons. The number of benzene rings is 3. The van der Waals surface area contributed by atoms with E-state index in [1.165, 1.54) is 35.3 Å². The van der Waals surface area contributed by atoms with E-state index in [0.29, 0.717) is 11.3 Å². The van der Waals surface area contributed by atoms with Crippen molar-refractivity contribution in [3.05, 3.63) is 95.3 Å². The number of nitrogens with zero attached hydrogens (tertiary/aromatic N) is 4. The molecule has 4 aromatic rings. The van der Waals surface area contributed by atoms with Gasteiger partial charge >= 0.3 is 6.36 Å². The summed E-state index contributed by atoms with van der Waals surface area (Å²) in [5.41, 5.74) is 0.192. The molecule has 0 aliphatic heterocycles. The second kappa shape index (κ2) is 11.2. The van der Waals surface area contributed by atoms with Crippen molar-refractivity contribution >= 4 is 29.9 Å². The van der Waals surface area contributed by atoms with Gasteiger partial charge in [-0.15, -0.1) is 30.9 Å². The van der Waals surface area contributed by atoms with Crippen molar-refractivity contribution < 1.29 is 31.5 Å². The lowest BCUT2D eigenvalue weighted by molar-refractivity contribution is -0.274. The number of para-hydroxylation sites is 1. The van der Waals surface area contributed by atoms with Crippen LogP contribution in [0.4, 0.5) is 33.3 Å². The molecule has 1 aromatic heterocycles. The standard InChI is InChI=1S/C25H15F5N6O2S/c26-19-2-1-3-20(27)21(19)34-24(39)18(12-31)23(37)33-15-6-4-14(5-7-15)22-32-13-36(35-22)16-8-10-17(11-9-16)38-25(28,29)30/h1-11,13,34,39H,(H,33,37). The average Bonchev–Trinajstić information content (AvgIpc) is 3.37. The van der Waals surface area contributed by atoms with Crippen molar-refractivity contribution in [2.45, 2.75) is 6.36 Å². The Morgan fingerprint density at radius 1 is 0.974 bits per heavy atom. The number of carbonyl (C=O) groups excluding carboxylic acids is 1. The molecule has 0 aliphatic carbocycles. The second-order valence-corrected chi connectivity index (χ2v) is 8.09. The molecule has 14 heteroatoms. The van der Waals surface area contributed by atoms with Gasteiger partial charge in [-0.3, -0.25) is 4.79 Å². The summed E-state index contributed by atoms with van der Waals surface area (Å²) in [6, 6.07) is 16.0. The number of anilines is 2. The summed E-state index contributed by atoms with van der Waals surface area (Å²) in [4.78, 5) is 16.8. The molecular weight excluding hydrogens is 543 g/mol. The Morgan fingerprint density at radius 3 is 2.21 bits per heavy atom. The number of halogens is 5. The van der Waals surface area contributed by atoms with Crippen LogP contribution in [0.3, 0.4) is 0 Å². The number of amides is 1.